The molecule has 5 nitrogen and oxygen atoms in total. The maximum Gasteiger partial charge on any atom is 0.237 e. The van der Waals surface area contributed by atoms with Crippen LogP contribution in [0.5, 0.6) is 5.75 Å². The van der Waals surface area contributed by atoms with Crippen LogP contribution in [0.4, 0.5) is 5.69 Å². The second-order valence-corrected chi connectivity index (χ2v) is 6.51. The highest BCUT2D eigenvalue weighted by Gasteiger charge is 2.24. The predicted molar refractivity (Wildman–Crippen MR) is 94.1 cm³/mol. The van der Waals surface area contributed by atoms with Gasteiger partial charge in [-0.25, -0.2) is 0 Å². The zero-order chi connectivity index (χ0) is 16.9. The van der Waals surface area contributed by atoms with Crippen molar-refractivity contribution in [1.82, 2.24) is 5.32 Å². The van der Waals surface area contributed by atoms with Crippen LogP contribution < -0.4 is 10.2 Å². The molecule has 2 N–H and O–H groups in total. The zero-order valence-electron chi connectivity index (χ0n) is 13.1. The monoisotopic (exact) mass is 342 g/mol. The molecule has 0 atom stereocenters. The third-order valence-corrected chi connectivity index (χ3v) is 4.84. The quantitative estimate of drug-likeness (QED) is 0.876. The Morgan fingerprint density at radius 3 is 2.71 bits per heavy atom. The van der Waals surface area contributed by atoms with E-state index in [4.69, 9.17) is 0 Å². The van der Waals surface area contributed by atoms with Crippen molar-refractivity contribution in [3.8, 4) is 5.75 Å². The lowest BCUT2D eigenvalue weighted by molar-refractivity contribution is -0.121. The summed E-state index contributed by atoms with van der Waals surface area (Å²) in [4.78, 5) is 26.9. The number of benzene rings is 2. The smallest absolute Gasteiger partial charge is 0.237 e. The molecule has 124 valence electrons. The molecule has 0 aromatic heterocycles. The summed E-state index contributed by atoms with van der Waals surface area (Å²) in [5.41, 5.74) is 1.79. The molecule has 2 aromatic rings. The maximum atomic E-state index is 12.1. The van der Waals surface area contributed by atoms with E-state index >= 15 is 0 Å². The highest BCUT2D eigenvalue weighted by Crippen LogP contribution is 2.34. The molecule has 0 saturated carbocycles. The number of rotatable bonds is 5. The van der Waals surface area contributed by atoms with Gasteiger partial charge in [0.1, 0.15) is 5.75 Å². The van der Waals surface area contributed by atoms with Crippen LogP contribution in [0.15, 0.2) is 53.4 Å². The van der Waals surface area contributed by atoms with Crippen LogP contribution in [0.25, 0.3) is 0 Å². The van der Waals surface area contributed by atoms with Crippen molar-refractivity contribution >= 4 is 29.3 Å². The van der Waals surface area contributed by atoms with Crippen molar-refractivity contribution in [2.75, 3.05) is 17.2 Å². The van der Waals surface area contributed by atoms with Gasteiger partial charge in [-0.05, 0) is 29.8 Å². The van der Waals surface area contributed by atoms with Gasteiger partial charge in [0.25, 0.3) is 0 Å². The number of hydrogen-bond donors (Lipinski definition) is 2. The number of para-hydroxylation sites is 1. The van der Waals surface area contributed by atoms with Crippen molar-refractivity contribution in [1.29, 1.82) is 0 Å². The van der Waals surface area contributed by atoms with Gasteiger partial charge in [-0.2, -0.15) is 0 Å². The number of thioether (sulfide) groups is 1. The highest BCUT2D eigenvalue weighted by molar-refractivity contribution is 8.00. The van der Waals surface area contributed by atoms with Crippen molar-refractivity contribution in [2.45, 2.75) is 17.9 Å². The molecule has 0 aliphatic carbocycles. The standard InChI is InChI=1S/C18H18N2O3S/c21-14-7-5-13(6-8-14)11-19-17(22)9-10-20-15-3-1-2-4-16(15)24-12-18(20)23/h1-8,21H,9-12H2,(H,19,22). The second kappa shape index (κ2) is 7.40. The summed E-state index contributed by atoms with van der Waals surface area (Å²) in [6.45, 7) is 0.775. The molecule has 1 heterocycles. The number of carbonyl (C=O) groups is 2. The van der Waals surface area contributed by atoms with Gasteiger partial charge in [-0.1, -0.05) is 24.3 Å². The third kappa shape index (κ3) is 3.89. The number of aromatic hydroxyl groups is 1. The van der Waals surface area contributed by atoms with Crippen LogP contribution in [-0.2, 0) is 16.1 Å². The van der Waals surface area contributed by atoms with Gasteiger partial charge in [0.2, 0.25) is 11.8 Å². The first-order chi connectivity index (χ1) is 11.6. The molecule has 1 aliphatic rings. The molecular weight excluding hydrogens is 324 g/mol. The molecule has 0 fully saturated rings. The first-order valence-corrected chi connectivity index (χ1v) is 8.69. The summed E-state index contributed by atoms with van der Waals surface area (Å²) >= 11 is 1.53. The molecule has 0 saturated heterocycles. The predicted octanol–water partition coefficient (Wildman–Crippen LogP) is 2.54. The van der Waals surface area contributed by atoms with E-state index in [1.165, 1.54) is 11.8 Å². The van der Waals surface area contributed by atoms with Crippen LogP contribution in [0.2, 0.25) is 0 Å². The average molecular weight is 342 g/mol. The van der Waals surface area contributed by atoms with Crippen LogP contribution in [0.3, 0.4) is 0 Å². The lowest BCUT2D eigenvalue weighted by Gasteiger charge is -2.28. The topological polar surface area (TPSA) is 69.6 Å². The third-order valence-electron chi connectivity index (χ3n) is 3.80. The number of hydrogen-bond acceptors (Lipinski definition) is 4. The van der Waals surface area contributed by atoms with E-state index in [0.29, 0.717) is 18.8 Å². The van der Waals surface area contributed by atoms with Gasteiger partial charge in [0.05, 0.1) is 11.4 Å². The summed E-state index contributed by atoms with van der Waals surface area (Å²) < 4.78 is 0. The van der Waals surface area contributed by atoms with Crippen LogP contribution in [0.1, 0.15) is 12.0 Å². The van der Waals surface area contributed by atoms with E-state index in [1.807, 2.05) is 24.3 Å². The van der Waals surface area contributed by atoms with Crippen LogP contribution in [-0.4, -0.2) is 29.2 Å². The molecular formula is C18H18N2O3S. The fraction of sp³-hybridized carbons (Fsp3) is 0.222. The Labute approximate surface area is 144 Å². The van der Waals surface area contributed by atoms with Crippen molar-refractivity contribution in [3.05, 3.63) is 54.1 Å². The molecule has 0 spiro atoms. The Hall–Kier alpha value is -2.47. The first-order valence-electron chi connectivity index (χ1n) is 7.70. The Balaban J connectivity index is 1.54. The fourth-order valence-electron chi connectivity index (χ4n) is 2.52. The van der Waals surface area contributed by atoms with Gasteiger partial charge in [-0.15, -0.1) is 11.8 Å². The maximum absolute atomic E-state index is 12.1. The van der Waals surface area contributed by atoms with Gasteiger partial charge >= 0.3 is 0 Å². The Bertz CT molecular complexity index is 746. The highest BCUT2D eigenvalue weighted by atomic mass is 32.2. The van der Waals surface area contributed by atoms with E-state index in [1.54, 1.807) is 29.2 Å². The van der Waals surface area contributed by atoms with E-state index in [9.17, 15) is 14.7 Å². The Morgan fingerprint density at radius 1 is 1.17 bits per heavy atom. The van der Waals surface area contributed by atoms with Crippen LogP contribution >= 0.6 is 11.8 Å². The van der Waals surface area contributed by atoms with Crippen molar-refractivity contribution < 1.29 is 14.7 Å². The number of carbonyl (C=O) groups excluding carboxylic acids is 2. The molecule has 6 heteroatoms. The molecule has 1 aliphatic heterocycles. The summed E-state index contributed by atoms with van der Waals surface area (Å²) in [6.07, 6.45) is 0.253. The minimum atomic E-state index is -0.105. The van der Waals surface area contributed by atoms with Crippen molar-refractivity contribution in [3.63, 3.8) is 0 Å². The van der Waals surface area contributed by atoms with Gasteiger partial charge in [-0.3, -0.25) is 9.59 Å². The largest absolute Gasteiger partial charge is 0.508 e. The summed E-state index contributed by atoms with van der Waals surface area (Å²) in [5.74, 6) is 0.536. The summed E-state index contributed by atoms with van der Waals surface area (Å²) in [7, 11) is 0. The van der Waals surface area contributed by atoms with E-state index in [-0.39, 0.29) is 24.0 Å². The Kier molecular flexibility index (Phi) is 5.05. The summed E-state index contributed by atoms with van der Waals surface area (Å²) in [6, 6.07) is 14.4. The van der Waals surface area contributed by atoms with Gasteiger partial charge in [0.15, 0.2) is 0 Å². The summed E-state index contributed by atoms with van der Waals surface area (Å²) in [5, 5.41) is 12.1. The number of nitrogens with one attached hydrogen (secondary N) is 1. The second-order valence-electron chi connectivity index (χ2n) is 5.49. The number of phenolic OH excluding ortho intramolecular Hbond substituents is 1. The Morgan fingerprint density at radius 2 is 1.92 bits per heavy atom. The molecule has 2 amide bonds. The minimum Gasteiger partial charge on any atom is -0.508 e. The molecule has 0 bridgehead atoms. The van der Waals surface area contributed by atoms with Gasteiger partial charge in [0, 0.05) is 24.4 Å². The average Bonchev–Trinajstić information content (AvgIpc) is 2.60. The van der Waals surface area contributed by atoms with Gasteiger partial charge < -0.3 is 15.3 Å². The number of amides is 2. The van der Waals surface area contributed by atoms with E-state index < -0.39 is 0 Å². The molecule has 2 aromatic carbocycles. The van der Waals surface area contributed by atoms with Crippen LogP contribution in [0, 0.1) is 0 Å². The van der Waals surface area contributed by atoms with Crippen molar-refractivity contribution in [2.24, 2.45) is 0 Å². The lowest BCUT2D eigenvalue weighted by Crippen LogP contribution is -2.38. The molecule has 3 rings (SSSR count). The SMILES string of the molecule is O=C(CCN1C(=O)CSc2ccccc21)NCc1ccc(O)cc1. The molecule has 0 unspecified atom stereocenters. The molecule has 0 radical (unpaired) electrons. The first kappa shape index (κ1) is 16.4. The fourth-order valence-corrected chi connectivity index (χ4v) is 3.45. The zero-order valence-corrected chi connectivity index (χ0v) is 13.9. The minimum absolute atomic E-state index is 0.0324. The van der Waals surface area contributed by atoms with E-state index in [2.05, 4.69) is 5.32 Å². The number of anilines is 1. The number of nitrogens with zero attached hydrogens (tertiary/aromatic N) is 1. The number of fused-ring (bicyclic) bond motifs is 1. The molecule has 24 heavy (non-hydrogen) atoms. The normalized spacial score (nSPS) is 13.5. The van der Waals surface area contributed by atoms with E-state index in [0.717, 1.165) is 16.1 Å². The lowest BCUT2D eigenvalue weighted by atomic mass is 10.2. The number of phenols is 1.